The average Bonchev–Trinajstić information content (AvgIpc) is 2.66. The van der Waals surface area contributed by atoms with E-state index in [0.29, 0.717) is 6.54 Å². The molecule has 1 aliphatic heterocycles. The maximum absolute atomic E-state index is 12.0. The second-order valence-electron chi connectivity index (χ2n) is 4.72. The summed E-state index contributed by atoms with van der Waals surface area (Å²) in [6.45, 7) is 2.96. The monoisotopic (exact) mass is 204 g/mol. The number of rotatable bonds is 3. The summed E-state index contributed by atoms with van der Waals surface area (Å²) in [6.07, 6.45) is 2.52. The largest absolute Gasteiger partial charge is 0.320 e. The van der Waals surface area contributed by atoms with Gasteiger partial charge in [0.2, 0.25) is 5.78 Å². The van der Waals surface area contributed by atoms with Crippen molar-refractivity contribution < 1.29 is 9.28 Å². The fourth-order valence-corrected chi connectivity index (χ4v) is 2.32. The van der Waals surface area contributed by atoms with E-state index >= 15 is 0 Å². The van der Waals surface area contributed by atoms with Crippen molar-refractivity contribution in [1.29, 1.82) is 0 Å². The minimum atomic E-state index is 0.278. The minimum Gasteiger partial charge on any atom is -0.320 e. The number of carbonyl (C=O) groups is 1. The topological polar surface area (TPSA) is 17.1 Å². The highest BCUT2D eigenvalue weighted by Gasteiger charge is 2.29. The molecule has 1 fully saturated rings. The molecule has 0 aliphatic carbocycles. The third-order valence-corrected chi connectivity index (χ3v) is 3.27. The fourth-order valence-electron chi connectivity index (χ4n) is 2.32. The summed E-state index contributed by atoms with van der Waals surface area (Å²) in [5.41, 5.74) is 0.851. The quantitative estimate of drug-likeness (QED) is 0.544. The summed E-state index contributed by atoms with van der Waals surface area (Å²) in [6, 6.07) is 9.62. The first kappa shape index (κ1) is 10.4. The molecule has 0 spiro atoms. The zero-order chi connectivity index (χ0) is 10.7. The highest BCUT2D eigenvalue weighted by Crippen LogP contribution is 2.17. The zero-order valence-corrected chi connectivity index (χ0v) is 9.28. The lowest BCUT2D eigenvalue weighted by atomic mass is 10.1. The lowest BCUT2D eigenvalue weighted by molar-refractivity contribution is -0.889. The second-order valence-corrected chi connectivity index (χ2v) is 4.72. The Balaban J connectivity index is 2.04. The van der Waals surface area contributed by atoms with Crippen molar-refractivity contribution in [2.24, 2.45) is 0 Å². The number of hydrogen-bond donors (Lipinski definition) is 0. The Hall–Kier alpha value is -1.15. The van der Waals surface area contributed by atoms with Gasteiger partial charge in [0.25, 0.3) is 0 Å². The van der Waals surface area contributed by atoms with E-state index in [1.807, 2.05) is 30.3 Å². The number of Topliss-reactive ketones (excluding diaryl/α,β-unsaturated/α-hetero) is 1. The van der Waals surface area contributed by atoms with E-state index in [-0.39, 0.29) is 5.78 Å². The third-order valence-electron chi connectivity index (χ3n) is 3.27. The van der Waals surface area contributed by atoms with Crippen molar-refractivity contribution in [3.05, 3.63) is 35.9 Å². The highest BCUT2D eigenvalue weighted by atomic mass is 16.1. The summed E-state index contributed by atoms with van der Waals surface area (Å²) in [4.78, 5) is 12.0. The molecule has 0 aromatic heterocycles. The second kappa shape index (κ2) is 4.15. The van der Waals surface area contributed by atoms with Crippen LogP contribution in [0.3, 0.4) is 0 Å². The fraction of sp³-hybridized carbons (Fsp3) is 0.462. The number of benzene rings is 1. The van der Waals surface area contributed by atoms with Crippen molar-refractivity contribution in [1.82, 2.24) is 0 Å². The number of hydrogen-bond acceptors (Lipinski definition) is 1. The van der Waals surface area contributed by atoms with Crippen LogP contribution in [-0.4, -0.2) is 36.9 Å². The van der Waals surface area contributed by atoms with Gasteiger partial charge < -0.3 is 4.48 Å². The van der Waals surface area contributed by atoms with E-state index < -0.39 is 0 Å². The van der Waals surface area contributed by atoms with Crippen molar-refractivity contribution in [3.63, 3.8) is 0 Å². The van der Waals surface area contributed by atoms with Crippen LogP contribution in [0, 0.1) is 0 Å². The first-order valence-corrected chi connectivity index (χ1v) is 5.61. The summed E-state index contributed by atoms with van der Waals surface area (Å²) < 4.78 is 0.924. The summed E-state index contributed by atoms with van der Waals surface area (Å²) in [5, 5.41) is 0. The van der Waals surface area contributed by atoms with Gasteiger partial charge >= 0.3 is 0 Å². The average molecular weight is 204 g/mol. The minimum absolute atomic E-state index is 0.278. The van der Waals surface area contributed by atoms with Gasteiger partial charge in [0.1, 0.15) is 6.54 Å². The van der Waals surface area contributed by atoms with Crippen LogP contribution in [0.25, 0.3) is 0 Å². The Bertz CT molecular complexity index is 339. The van der Waals surface area contributed by atoms with Crippen LogP contribution in [0.15, 0.2) is 30.3 Å². The third kappa shape index (κ3) is 2.45. The van der Waals surface area contributed by atoms with E-state index in [0.717, 1.165) is 23.1 Å². The van der Waals surface area contributed by atoms with E-state index in [1.54, 1.807) is 0 Å². The molecule has 1 aromatic rings. The first-order chi connectivity index (χ1) is 7.20. The highest BCUT2D eigenvalue weighted by molar-refractivity contribution is 5.96. The van der Waals surface area contributed by atoms with Crippen LogP contribution >= 0.6 is 0 Å². The van der Waals surface area contributed by atoms with Gasteiger partial charge in [-0.15, -0.1) is 0 Å². The van der Waals surface area contributed by atoms with Crippen LogP contribution in [-0.2, 0) is 0 Å². The normalized spacial score (nSPS) is 19.0. The van der Waals surface area contributed by atoms with E-state index in [4.69, 9.17) is 0 Å². The Labute approximate surface area is 91.1 Å². The maximum atomic E-state index is 12.0. The zero-order valence-electron chi connectivity index (χ0n) is 9.28. The summed E-state index contributed by atoms with van der Waals surface area (Å²) in [5.74, 6) is 0.278. The molecule has 0 unspecified atom stereocenters. The lowest BCUT2D eigenvalue weighted by Crippen LogP contribution is -2.44. The smallest absolute Gasteiger partial charge is 0.216 e. The van der Waals surface area contributed by atoms with Crippen molar-refractivity contribution in [2.45, 2.75) is 12.8 Å². The number of ketones is 1. The molecule has 0 atom stereocenters. The molecule has 2 nitrogen and oxygen atoms in total. The van der Waals surface area contributed by atoms with E-state index in [1.165, 1.54) is 12.8 Å². The van der Waals surface area contributed by atoms with Gasteiger partial charge in [0, 0.05) is 18.4 Å². The molecular weight excluding hydrogens is 186 g/mol. The molecule has 2 heteroatoms. The molecule has 1 saturated heterocycles. The Morgan fingerprint density at radius 2 is 1.80 bits per heavy atom. The first-order valence-electron chi connectivity index (χ1n) is 5.61. The van der Waals surface area contributed by atoms with Crippen LogP contribution < -0.4 is 0 Å². The van der Waals surface area contributed by atoms with Crippen molar-refractivity contribution in [3.8, 4) is 0 Å². The van der Waals surface area contributed by atoms with Crippen molar-refractivity contribution in [2.75, 3.05) is 26.7 Å². The van der Waals surface area contributed by atoms with Gasteiger partial charge in [-0.25, -0.2) is 0 Å². The van der Waals surface area contributed by atoms with Crippen LogP contribution in [0.5, 0.6) is 0 Å². The van der Waals surface area contributed by atoms with Crippen LogP contribution in [0.4, 0.5) is 0 Å². The molecule has 80 valence electrons. The molecule has 0 bridgehead atoms. The molecule has 2 rings (SSSR count). The van der Waals surface area contributed by atoms with E-state index in [2.05, 4.69) is 7.05 Å². The van der Waals surface area contributed by atoms with Crippen LogP contribution in [0.1, 0.15) is 23.2 Å². The summed E-state index contributed by atoms with van der Waals surface area (Å²) >= 11 is 0. The van der Waals surface area contributed by atoms with Gasteiger partial charge in [0.05, 0.1) is 20.1 Å². The van der Waals surface area contributed by atoms with Gasteiger partial charge in [-0.2, -0.15) is 0 Å². The van der Waals surface area contributed by atoms with Gasteiger partial charge in [-0.3, -0.25) is 4.79 Å². The van der Waals surface area contributed by atoms with Crippen molar-refractivity contribution >= 4 is 5.78 Å². The number of nitrogens with zero attached hydrogens (tertiary/aromatic N) is 1. The molecule has 1 aromatic carbocycles. The molecule has 1 aliphatic rings. The number of likely N-dealkylation sites (tertiary alicyclic amines) is 1. The number of likely N-dealkylation sites (N-methyl/N-ethyl adjacent to an activating group) is 1. The maximum Gasteiger partial charge on any atom is 0.216 e. The number of carbonyl (C=O) groups excluding carboxylic acids is 1. The SMILES string of the molecule is C[N+]1(CC(=O)c2ccccc2)CCCC1. The predicted octanol–water partition coefficient (Wildman–Crippen LogP) is 2.11. The Morgan fingerprint density at radius 3 is 2.40 bits per heavy atom. The molecule has 1 heterocycles. The lowest BCUT2D eigenvalue weighted by Gasteiger charge is -2.28. The predicted molar refractivity (Wildman–Crippen MR) is 60.8 cm³/mol. The Kier molecular flexibility index (Phi) is 2.87. The van der Waals surface area contributed by atoms with E-state index in [9.17, 15) is 4.79 Å². The molecule has 15 heavy (non-hydrogen) atoms. The molecule has 0 saturated carbocycles. The van der Waals surface area contributed by atoms with Gasteiger partial charge in [-0.05, 0) is 0 Å². The van der Waals surface area contributed by atoms with Gasteiger partial charge in [-0.1, -0.05) is 30.3 Å². The standard InChI is InChI=1S/C13H18NO/c1-14(9-5-6-10-14)11-13(15)12-7-3-2-4-8-12/h2-4,7-8H,5-6,9-11H2,1H3/q+1. The molecule has 0 amide bonds. The molecule has 0 radical (unpaired) electrons. The Morgan fingerprint density at radius 1 is 1.20 bits per heavy atom. The molecule has 0 N–H and O–H groups in total. The number of quaternary nitrogens is 1. The molecular formula is C13H18NO+. The summed E-state index contributed by atoms with van der Waals surface area (Å²) in [7, 11) is 2.19. The van der Waals surface area contributed by atoms with Crippen LogP contribution in [0.2, 0.25) is 0 Å². The van der Waals surface area contributed by atoms with Gasteiger partial charge in [0.15, 0.2) is 0 Å².